The molecule has 1 aromatic heterocycles. The van der Waals surface area contributed by atoms with Gasteiger partial charge < -0.3 is 5.73 Å². The maximum atomic E-state index is 6.10. The minimum absolute atomic E-state index is 0.0614. The number of aromatic nitrogens is 1. The van der Waals surface area contributed by atoms with Gasteiger partial charge in [0.15, 0.2) is 0 Å². The maximum Gasteiger partial charge on any atom is 0.0966 e. The fourth-order valence-corrected chi connectivity index (χ4v) is 3.16. The molecule has 1 heterocycles. The molecule has 0 saturated heterocycles. The van der Waals surface area contributed by atoms with Gasteiger partial charge in [0.1, 0.15) is 0 Å². The van der Waals surface area contributed by atoms with E-state index in [1.807, 2.05) is 43.5 Å². The van der Waals surface area contributed by atoms with E-state index >= 15 is 0 Å². The maximum absolute atomic E-state index is 6.10. The summed E-state index contributed by atoms with van der Waals surface area (Å²) in [6.07, 6.45) is 1.81. The Kier molecular flexibility index (Phi) is 4.80. The van der Waals surface area contributed by atoms with Crippen LogP contribution in [-0.4, -0.2) is 11.0 Å². The molecule has 0 fully saturated rings. The average Bonchev–Trinajstić information content (AvgIpc) is 2.37. The summed E-state index contributed by atoms with van der Waals surface area (Å²) in [5, 5.41) is 1.21. The lowest BCUT2D eigenvalue weighted by Gasteiger charge is -2.20. The van der Waals surface area contributed by atoms with Crippen molar-refractivity contribution in [3.63, 3.8) is 0 Å². The fourth-order valence-electron chi connectivity index (χ4n) is 1.71. The number of hydrogen-bond donors (Lipinski definition) is 1. The van der Waals surface area contributed by atoms with Gasteiger partial charge >= 0.3 is 0 Å². The lowest BCUT2D eigenvalue weighted by molar-refractivity contribution is 0.720. The van der Waals surface area contributed by atoms with Gasteiger partial charge in [-0.05, 0) is 36.8 Å². The first-order valence-corrected chi connectivity index (χ1v) is 7.43. The molecule has 0 amide bonds. The highest BCUT2D eigenvalue weighted by atomic mass is 79.9. The average molecular weight is 323 g/mol. The third kappa shape index (κ3) is 3.57. The van der Waals surface area contributed by atoms with Gasteiger partial charge in [-0.1, -0.05) is 45.9 Å². The molecular formula is C14H15BrN2S. The van der Waals surface area contributed by atoms with E-state index in [2.05, 4.69) is 33.0 Å². The normalized spacial score (nSPS) is 14.2. The lowest BCUT2D eigenvalue weighted by Crippen LogP contribution is -2.22. The number of thioether (sulfide) groups is 1. The van der Waals surface area contributed by atoms with Crippen molar-refractivity contribution in [1.29, 1.82) is 0 Å². The van der Waals surface area contributed by atoms with Crippen molar-refractivity contribution >= 4 is 27.7 Å². The van der Waals surface area contributed by atoms with Crippen LogP contribution in [0.5, 0.6) is 0 Å². The Morgan fingerprint density at radius 2 is 2.06 bits per heavy atom. The van der Waals surface area contributed by atoms with Crippen molar-refractivity contribution in [1.82, 2.24) is 4.98 Å². The van der Waals surface area contributed by atoms with Crippen molar-refractivity contribution in [3.8, 4) is 0 Å². The molecule has 2 N–H and O–H groups in total. The predicted molar refractivity (Wildman–Crippen MR) is 80.6 cm³/mol. The van der Waals surface area contributed by atoms with Gasteiger partial charge in [-0.2, -0.15) is 0 Å². The minimum Gasteiger partial charge on any atom is -0.327 e. The highest BCUT2D eigenvalue weighted by Gasteiger charge is 2.18. The third-order valence-electron chi connectivity index (χ3n) is 2.54. The van der Waals surface area contributed by atoms with E-state index in [-0.39, 0.29) is 11.3 Å². The summed E-state index contributed by atoms with van der Waals surface area (Å²) >= 11 is 5.20. The van der Waals surface area contributed by atoms with Gasteiger partial charge in [-0.3, -0.25) is 0 Å². The molecule has 2 aromatic rings. The number of nitrogens with two attached hydrogens (primary N) is 1. The van der Waals surface area contributed by atoms with Crippen LogP contribution in [0.2, 0.25) is 0 Å². The van der Waals surface area contributed by atoms with Crippen LogP contribution in [0.1, 0.15) is 17.7 Å². The number of hydrogen-bond acceptors (Lipinski definition) is 3. The molecule has 0 radical (unpaired) electrons. The van der Waals surface area contributed by atoms with E-state index in [1.54, 1.807) is 11.8 Å². The zero-order valence-electron chi connectivity index (χ0n) is 10.1. The smallest absolute Gasteiger partial charge is 0.0966 e. The molecule has 1 aromatic carbocycles. The van der Waals surface area contributed by atoms with E-state index < -0.39 is 0 Å². The van der Waals surface area contributed by atoms with Gasteiger partial charge in [0.25, 0.3) is 0 Å². The van der Waals surface area contributed by atoms with Gasteiger partial charge in [-0.25, -0.2) is 4.98 Å². The molecule has 18 heavy (non-hydrogen) atoms. The standard InChI is InChI=1S/C14H15BrN2S/c1-10(16)14(11-5-4-6-12(15)9-11)18-13-7-2-3-8-17-13/h2-10,14H,16H2,1H3. The summed E-state index contributed by atoms with van der Waals surface area (Å²) in [4.78, 5) is 4.34. The zero-order chi connectivity index (χ0) is 13.0. The molecule has 2 unspecified atom stereocenters. The first-order chi connectivity index (χ1) is 8.66. The van der Waals surface area contributed by atoms with Crippen molar-refractivity contribution in [2.75, 3.05) is 0 Å². The van der Waals surface area contributed by atoms with Crippen LogP contribution < -0.4 is 5.73 Å². The van der Waals surface area contributed by atoms with E-state index in [4.69, 9.17) is 5.73 Å². The van der Waals surface area contributed by atoms with Crippen LogP contribution in [0.15, 0.2) is 58.2 Å². The fraction of sp³-hybridized carbons (Fsp3) is 0.214. The van der Waals surface area contributed by atoms with E-state index in [1.165, 1.54) is 5.56 Å². The highest BCUT2D eigenvalue weighted by Crippen LogP contribution is 2.36. The number of benzene rings is 1. The molecule has 0 bridgehead atoms. The summed E-state index contributed by atoms with van der Waals surface area (Å²) in [6.45, 7) is 2.03. The summed E-state index contributed by atoms with van der Waals surface area (Å²) in [7, 11) is 0. The second-order valence-electron chi connectivity index (χ2n) is 4.12. The molecule has 2 atom stereocenters. The van der Waals surface area contributed by atoms with E-state index in [0.29, 0.717) is 0 Å². The zero-order valence-corrected chi connectivity index (χ0v) is 12.5. The van der Waals surface area contributed by atoms with Gasteiger partial charge in [0.2, 0.25) is 0 Å². The van der Waals surface area contributed by atoms with Gasteiger partial charge in [-0.15, -0.1) is 0 Å². The first kappa shape index (κ1) is 13.6. The lowest BCUT2D eigenvalue weighted by atomic mass is 10.1. The third-order valence-corrected chi connectivity index (χ3v) is 4.47. The second-order valence-corrected chi connectivity index (χ2v) is 6.20. The Labute approximate surface area is 120 Å². The Morgan fingerprint density at radius 3 is 2.67 bits per heavy atom. The topological polar surface area (TPSA) is 38.9 Å². The molecule has 0 saturated carbocycles. The minimum atomic E-state index is 0.0614. The highest BCUT2D eigenvalue weighted by molar-refractivity contribution is 9.10. The predicted octanol–water partition coefficient (Wildman–Crippen LogP) is 4.02. The van der Waals surface area contributed by atoms with Crippen LogP contribution in [0.25, 0.3) is 0 Å². The number of nitrogens with zero attached hydrogens (tertiary/aromatic N) is 1. The monoisotopic (exact) mass is 322 g/mol. The summed E-state index contributed by atoms with van der Waals surface area (Å²) in [5.41, 5.74) is 7.32. The molecule has 0 aliphatic rings. The van der Waals surface area contributed by atoms with Crippen LogP contribution in [0.4, 0.5) is 0 Å². The molecule has 0 aliphatic heterocycles. The Bertz CT molecular complexity index is 502. The van der Waals surface area contributed by atoms with Crippen LogP contribution in [0.3, 0.4) is 0 Å². The molecule has 2 rings (SSSR count). The number of pyridine rings is 1. The number of halogens is 1. The number of rotatable bonds is 4. The van der Waals surface area contributed by atoms with Crippen molar-refractivity contribution in [2.24, 2.45) is 5.73 Å². The van der Waals surface area contributed by atoms with Crippen LogP contribution in [-0.2, 0) is 0 Å². The quantitative estimate of drug-likeness (QED) is 0.864. The van der Waals surface area contributed by atoms with Gasteiger partial charge in [0.05, 0.1) is 10.3 Å². The Morgan fingerprint density at radius 1 is 1.22 bits per heavy atom. The Hall–Kier alpha value is -0.840. The summed E-state index contributed by atoms with van der Waals surface area (Å²) in [6, 6.07) is 14.3. The largest absolute Gasteiger partial charge is 0.327 e. The van der Waals surface area contributed by atoms with Crippen molar-refractivity contribution in [2.45, 2.75) is 23.2 Å². The molecule has 2 nitrogen and oxygen atoms in total. The first-order valence-electron chi connectivity index (χ1n) is 5.75. The molecule has 0 spiro atoms. The van der Waals surface area contributed by atoms with Crippen LogP contribution in [0, 0.1) is 0 Å². The SMILES string of the molecule is CC(N)C(Sc1ccccn1)c1cccc(Br)c1. The van der Waals surface area contributed by atoms with E-state index in [0.717, 1.165) is 9.50 Å². The summed E-state index contributed by atoms with van der Waals surface area (Å²) < 4.78 is 1.08. The molecule has 0 aliphatic carbocycles. The molecular weight excluding hydrogens is 308 g/mol. The van der Waals surface area contributed by atoms with Crippen molar-refractivity contribution < 1.29 is 0 Å². The molecule has 94 valence electrons. The molecule has 4 heteroatoms. The second kappa shape index (κ2) is 6.36. The summed E-state index contributed by atoms with van der Waals surface area (Å²) in [5.74, 6) is 0. The van der Waals surface area contributed by atoms with E-state index in [9.17, 15) is 0 Å². The Balaban J connectivity index is 2.24. The van der Waals surface area contributed by atoms with Gasteiger partial charge in [0, 0.05) is 16.7 Å². The van der Waals surface area contributed by atoms with Crippen molar-refractivity contribution in [3.05, 3.63) is 58.7 Å². The van der Waals surface area contributed by atoms with Crippen LogP contribution >= 0.6 is 27.7 Å².